The fourth-order valence-electron chi connectivity index (χ4n) is 6.07. The van der Waals surface area contributed by atoms with Gasteiger partial charge in [-0.1, -0.05) is 25.1 Å². The number of nitrogens with one attached hydrogen (secondary N) is 2. The molecule has 0 saturated heterocycles. The first kappa shape index (κ1) is 33.6. The van der Waals surface area contributed by atoms with Gasteiger partial charge in [0.2, 0.25) is 11.9 Å². The van der Waals surface area contributed by atoms with E-state index in [0.717, 1.165) is 65.5 Å². The molecule has 2 amide bonds. The molecule has 0 unspecified atom stereocenters. The Morgan fingerprint density at radius 3 is 2.57 bits per heavy atom. The topological polar surface area (TPSA) is 134 Å². The third-order valence-corrected chi connectivity index (χ3v) is 8.46. The number of carboxylic acid groups (broad SMARTS) is 1. The minimum absolute atomic E-state index is 0.0421. The molecular weight excluding hydrogens is 615 g/mol. The predicted octanol–water partition coefficient (Wildman–Crippen LogP) is 6.14. The molecule has 0 bridgehead atoms. The summed E-state index contributed by atoms with van der Waals surface area (Å²) in [5.41, 5.74) is 2.84. The molecule has 14 heteroatoms. The van der Waals surface area contributed by atoms with E-state index in [4.69, 9.17) is 9.72 Å². The number of ether oxygens (including phenoxy) is 1. The maximum Gasteiger partial charge on any atom is 0.416 e. The number of fused-ring (bicyclic) bond motifs is 1. The lowest BCUT2D eigenvalue weighted by Gasteiger charge is -2.35. The van der Waals surface area contributed by atoms with Crippen molar-refractivity contribution in [2.75, 3.05) is 30.9 Å². The van der Waals surface area contributed by atoms with Crippen LogP contribution in [0, 0.1) is 0 Å². The second-order valence-corrected chi connectivity index (χ2v) is 11.7. The number of rotatable bonds is 11. The van der Waals surface area contributed by atoms with Crippen LogP contribution in [-0.4, -0.2) is 74.1 Å². The number of hydrogen-bond acceptors (Lipinski definition) is 7. The summed E-state index contributed by atoms with van der Waals surface area (Å²) < 4.78 is 45.9. The highest BCUT2D eigenvalue weighted by molar-refractivity contribution is 5.92. The zero-order chi connectivity index (χ0) is 33.7. The van der Waals surface area contributed by atoms with Crippen molar-refractivity contribution in [3.05, 3.63) is 65.4 Å². The molecule has 0 aliphatic heterocycles. The number of aryl methyl sites for hydroxylation is 2. The van der Waals surface area contributed by atoms with Crippen LogP contribution in [0.2, 0.25) is 0 Å². The van der Waals surface area contributed by atoms with Crippen LogP contribution in [0.25, 0.3) is 22.2 Å². The van der Waals surface area contributed by atoms with Gasteiger partial charge in [0, 0.05) is 56.0 Å². The number of alkyl halides is 3. The lowest BCUT2D eigenvalue weighted by atomic mass is 9.90. The third-order valence-electron chi connectivity index (χ3n) is 8.46. The molecule has 3 N–H and O–H groups in total. The van der Waals surface area contributed by atoms with Gasteiger partial charge in [-0.25, -0.2) is 14.8 Å². The van der Waals surface area contributed by atoms with Gasteiger partial charge in [-0.05, 0) is 61.4 Å². The largest absolute Gasteiger partial charge is 0.465 e. The van der Waals surface area contributed by atoms with Crippen molar-refractivity contribution in [2.24, 2.45) is 7.05 Å². The molecule has 2 heterocycles. The Morgan fingerprint density at radius 2 is 1.89 bits per heavy atom. The summed E-state index contributed by atoms with van der Waals surface area (Å²) in [4.78, 5) is 35.3. The van der Waals surface area contributed by atoms with Gasteiger partial charge in [0.15, 0.2) is 5.82 Å². The van der Waals surface area contributed by atoms with Crippen molar-refractivity contribution in [3.63, 3.8) is 0 Å². The Kier molecular flexibility index (Phi) is 10.3. The van der Waals surface area contributed by atoms with Crippen molar-refractivity contribution in [2.45, 2.75) is 63.7 Å². The van der Waals surface area contributed by atoms with Gasteiger partial charge in [0.25, 0.3) is 0 Å². The summed E-state index contributed by atoms with van der Waals surface area (Å²) in [6, 6.07) is 10.5. The molecule has 2 aromatic heterocycles. The smallest absolute Gasteiger partial charge is 0.416 e. The van der Waals surface area contributed by atoms with Crippen LogP contribution in [0.4, 0.5) is 29.7 Å². The van der Waals surface area contributed by atoms with E-state index in [9.17, 15) is 27.9 Å². The molecule has 4 aromatic rings. The molecule has 2 aromatic carbocycles. The standard InChI is InChI=1S/C33H38F3N7O4/c1-4-21-16-22(27-18-28(41-42(27)2)39-29(44)15-20-6-5-7-24(14-20)33(34,35)36)17-23-19-37-31(40-30(21)23)38-25-8-10-26(11-9-25)43(32(45)46)12-13-47-3/h5-7,14,16-19,25-26H,4,8-13,15H2,1-3H3,(H,45,46)(H,37,38,40)(H,39,41,44)/t25-,26-. The normalized spacial score (nSPS) is 16.6. The number of carbonyl (C=O) groups is 2. The molecule has 0 radical (unpaired) electrons. The molecule has 0 atom stereocenters. The van der Waals surface area contributed by atoms with Crippen LogP contribution in [-0.2, 0) is 35.6 Å². The number of amides is 2. The van der Waals surface area contributed by atoms with Crippen LogP contribution < -0.4 is 10.6 Å². The number of aromatic nitrogens is 4. The molecule has 1 fully saturated rings. The fraction of sp³-hybridized carbons (Fsp3) is 0.424. The lowest BCUT2D eigenvalue weighted by Crippen LogP contribution is -2.44. The summed E-state index contributed by atoms with van der Waals surface area (Å²) in [6.07, 6.45) is -0.101. The van der Waals surface area contributed by atoms with E-state index in [1.54, 1.807) is 31.1 Å². The Labute approximate surface area is 270 Å². The van der Waals surface area contributed by atoms with Crippen LogP contribution in [0.3, 0.4) is 0 Å². The Balaban J connectivity index is 1.26. The summed E-state index contributed by atoms with van der Waals surface area (Å²) in [5.74, 6) is 0.325. The summed E-state index contributed by atoms with van der Waals surface area (Å²) in [7, 11) is 3.31. The van der Waals surface area contributed by atoms with Gasteiger partial charge < -0.3 is 25.4 Å². The summed E-state index contributed by atoms with van der Waals surface area (Å²) in [6.45, 7) is 2.75. The number of nitrogens with zero attached hydrogens (tertiary/aromatic N) is 5. The van der Waals surface area contributed by atoms with Crippen LogP contribution in [0.5, 0.6) is 0 Å². The molecule has 47 heavy (non-hydrogen) atoms. The Bertz CT molecular complexity index is 1740. The van der Waals surface area contributed by atoms with E-state index in [1.807, 2.05) is 19.1 Å². The highest BCUT2D eigenvalue weighted by atomic mass is 19.4. The highest BCUT2D eigenvalue weighted by Crippen LogP contribution is 2.31. The van der Waals surface area contributed by atoms with Crippen molar-refractivity contribution in [1.82, 2.24) is 24.6 Å². The number of methoxy groups -OCH3 is 1. The van der Waals surface area contributed by atoms with Crippen molar-refractivity contribution in [3.8, 4) is 11.3 Å². The first-order valence-corrected chi connectivity index (χ1v) is 15.5. The van der Waals surface area contributed by atoms with Crippen LogP contribution >= 0.6 is 0 Å². The van der Waals surface area contributed by atoms with Gasteiger partial charge in [0.05, 0.1) is 29.8 Å². The van der Waals surface area contributed by atoms with Gasteiger partial charge in [0.1, 0.15) is 0 Å². The van der Waals surface area contributed by atoms with E-state index >= 15 is 0 Å². The predicted molar refractivity (Wildman–Crippen MR) is 171 cm³/mol. The quantitative estimate of drug-likeness (QED) is 0.176. The zero-order valence-electron chi connectivity index (χ0n) is 26.5. The monoisotopic (exact) mass is 653 g/mol. The highest BCUT2D eigenvalue weighted by Gasteiger charge is 2.31. The Morgan fingerprint density at radius 1 is 1.13 bits per heavy atom. The van der Waals surface area contributed by atoms with E-state index < -0.39 is 23.7 Å². The van der Waals surface area contributed by atoms with Crippen LogP contribution in [0.1, 0.15) is 49.3 Å². The molecule has 0 spiro atoms. The second kappa shape index (κ2) is 14.4. The van der Waals surface area contributed by atoms with E-state index in [2.05, 4.69) is 20.7 Å². The van der Waals surface area contributed by atoms with Crippen molar-refractivity contribution >= 4 is 34.7 Å². The number of benzene rings is 2. The Hall–Kier alpha value is -4.72. The maximum atomic E-state index is 13.1. The minimum atomic E-state index is -4.49. The average molecular weight is 654 g/mol. The number of halogens is 3. The molecule has 5 rings (SSSR count). The molecule has 11 nitrogen and oxygen atoms in total. The molecular formula is C33H38F3N7O4. The zero-order valence-corrected chi connectivity index (χ0v) is 26.5. The van der Waals surface area contributed by atoms with E-state index in [0.29, 0.717) is 25.5 Å². The van der Waals surface area contributed by atoms with Gasteiger partial charge in [-0.2, -0.15) is 18.3 Å². The average Bonchev–Trinajstić information content (AvgIpc) is 3.40. The number of anilines is 2. The number of hydrogen-bond donors (Lipinski definition) is 3. The van der Waals surface area contributed by atoms with E-state index in [1.165, 1.54) is 17.0 Å². The van der Waals surface area contributed by atoms with Crippen molar-refractivity contribution in [1.29, 1.82) is 0 Å². The summed E-state index contributed by atoms with van der Waals surface area (Å²) >= 11 is 0. The molecule has 250 valence electrons. The third kappa shape index (κ3) is 8.17. The first-order valence-electron chi connectivity index (χ1n) is 15.5. The van der Waals surface area contributed by atoms with Crippen LogP contribution in [0.15, 0.2) is 48.7 Å². The maximum absolute atomic E-state index is 13.1. The first-order chi connectivity index (χ1) is 22.4. The molecule has 1 saturated carbocycles. The van der Waals surface area contributed by atoms with Gasteiger partial charge in [-0.15, -0.1) is 0 Å². The summed E-state index contributed by atoms with van der Waals surface area (Å²) in [5, 5.41) is 21.0. The molecule has 1 aliphatic rings. The lowest BCUT2D eigenvalue weighted by molar-refractivity contribution is -0.137. The fourth-order valence-corrected chi connectivity index (χ4v) is 6.07. The molecule has 1 aliphatic carbocycles. The van der Waals surface area contributed by atoms with Gasteiger partial charge in [-0.3, -0.25) is 9.48 Å². The van der Waals surface area contributed by atoms with E-state index in [-0.39, 0.29) is 29.9 Å². The SMILES string of the molecule is CCc1cc(-c2cc(NC(=O)Cc3cccc(C(F)(F)F)c3)nn2C)cc2cnc(N[C@H]3CC[C@H](N(CCOC)C(=O)O)CC3)nc12. The second-order valence-electron chi connectivity index (χ2n) is 11.7. The number of carbonyl (C=O) groups excluding carboxylic acids is 1. The van der Waals surface area contributed by atoms with Crippen molar-refractivity contribution < 1.29 is 32.6 Å². The minimum Gasteiger partial charge on any atom is -0.465 e. The van der Waals surface area contributed by atoms with Gasteiger partial charge >= 0.3 is 12.3 Å².